The molecule has 0 bridgehead atoms. The summed E-state index contributed by atoms with van der Waals surface area (Å²) in [5.74, 6) is 0.744. The molecule has 20 heavy (non-hydrogen) atoms. The van der Waals surface area contributed by atoms with Crippen LogP contribution in [0.4, 0.5) is 10.7 Å². The van der Waals surface area contributed by atoms with Gasteiger partial charge >= 0.3 is 5.69 Å². The highest BCUT2D eigenvalue weighted by Gasteiger charge is 2.25. The summed E-state index contributed by atoms with van der Waals surface area (Å²) in [5, 5.41) is 21.3. The summed E-state index contributed by atoms with van der Waals surface area (Å²) in [7, 11) is 0. The van der Waals surface area contributed by atoms with E-state index in [1.807, 2.05) is 17.9 Å². The van der Waals surface area contributed by atoms with Gasteiger partial charge in [-0.25, -0.2) is 0 Å². The second kappa shape index (κ2) is 6.06. The summed E-state index contributed by atoms with van der Waals surface area (Å²) in [6, 6.07) is 5.06. The Bertz CT molecular complexity index is 577. The Morgan fingerprint density at radius 3 is 2.85 bits per heavy atom. The molecule has 0 amide bonds. The highest BCUT2D eigenvalue weighted by Crippen LogP contribution is 2.40. The monoisotopic (exact) mass is 296 g/mol. The number of furan rings is 1. The van der Waals surface area contributed by atoms with E-state index in [9.17, 15) is 15.2 Å². The Morgan fingerprint density at radius 1 is 1.60 bits per heavy atom. The zero-order valence-electron chi connectivity index (χ0n) is 11.3. The molecule has 2 aromatic heterocycles. The first-order valence-corrected chi connectivity index (χ1v) is 7.08. The molecule has 0 spiro atoms. The molecule has 1 N–H and O–H groups in total. The topological polar surface area (TPSA) is 79.8 Å². The summed E-state index contributed by atoms with van der Waals surface area (Å²) < 4.78 is 5.29. The molecular weight excluding hydrogens is 280 g/mol. The van der Waals surface area contributed by atoms with Gasteiger partial charge in [-0.1, -0.05) is 0 Å². The molecule has 2 aromatic rings. The number of nitro groups is 1. The average molecular weight is 296 g/mol. The SMILES string of the molecule is CCN(Cc1ccco1)c1sc(C(C)O)cc1[N+](=O)[O-]. The van der Waals surface area contributed by atoms with E-state index >= 15 is 0 Å². The normalized spacial score (nSPS) is 12.3. The molecule has 6 nitrogen and oxygen atoms in total. The molecule has 2 rings (SSSR count). The first-order valence-electron chi connectivity index (χ1n) is 6.26. The van der Waals surface area contributed by atoms with E-state index < -0.39 is 11.0 Å². The lowest BCUT2D eigenvalue weighted by molar-refractivity contribution is -0.383. The number of hydrogen-bond donors (Lipinski definition) is 1. The summed E-state index contributed by atoms with van der Waals surface area (Å²) in [5.41, 5.74) is 0.0271. The third-order valence-electron chi connectivity index (χ3n) is 2.92. The maximum Gasteiger partial charge on any atom is 0.304 e. The molecule has 7 heteroatoms. The summed E-state index contributed by atoms with van der Waals surface area (Å²) in [6.07, 6.45) is 0.863. The van der Waals surface area contributed by atoms with Crippen molar-refractivity contribution >= 4 is 22.0 Å². The zero-order chi connectivity index (χ0) is 14.7. The van der Waals surface area contributed by atoms with Crippen LogP contribution in [0.5, 0.6) is 0 Å². The largest absolute Gasteiger partial charge is 0.467 e. The number of aliphatic hydroxyl groups is 1. The fourth-order valence-electron chi connectivity index (χ4n) is 1.87. The Hall–Kier alpha value is -1.86. The zero-order valence-corrected chi connectivity index (χ0v) is 12.1. The van der Waals surface area contributed by atoms with Crippen molar-refractivity contribution in [3.8, 4) is 0 Å². The van der Waals surface area contributed by atoms with Crippen molar-refractivity contribution in [3.05, 3.63) is 45.2 Å². The van der Waals surface area contributed by atoms with Gasteiger partial charge in [-0.05, 0) is 26.0 Å². The van der Waals surface area contributed by atoms with Gasteiger partial charge < -0.3 is 14.4 Å². The van der Waals surface area contributed by atoms with Gasteiger partial charge in [0, 0.05) is 17.5 Å². The van der Waals surface area contributed by atoms with Gasteiger partial charge in [-0.15, -0.1) is 11.3 Å². The van der Waals surface area contributed by atoms with Crippen molar-refractivity contribution in [3.63, 3.8) is 0 Å². The summed E-state index contributed by atoms with van der Waals surface area (Å²) in [6.45, 7) is 4.60. The minimum Gasteiger partial charge on any atom is -0.467 e. The molecule has 108 valence electrons. The van der Waals surface area contributed by atoms with Crippen molar-refractivity contribution in [2.45, 2.75) is 26.5 Å². The van der Waals surface area contributed by atoms with Crippen LogP contribution in [0.25, 0.3) is 0 Å². The summed E-state index contributed by atoms with van der Waals surface area (Å²) >= 11 is 1.24. The predicted octanol–water partition coefficient (Wildman–Crippen LogP) is 3.33. The van der Waals surface area contributed by atoms with E-state index in [0.717, 1.165) is 5.76 Å². The number of nitrogens with zero attached hydrogens (tertiary/aromatic N) is 2. The fourth-order valence-corrected chi connectivity index (χ4v) is 3.00. The van der Waals surface area contributed by atoms with Crippen LogP contribution in [-0.2, 0) is 6.54 Å². The van der Waals surface area contributed by atoms with E-state index in [0.29, 0.717) is 23.0 Å². The number of aliphatic hydroxyl groups excluding tert-OH is 1. The Morgan fingerprint density at radius 2 is 2.35 bits per heavy atom. The molecule has 0 aliphatic rings. The van der Waals surface area contributed by atoms with E-state index in [2.05, 4.69) is 0 Å². The molecule has 0 aliphatic carbocycles. The van der Waals surface area contributed by atoms with Crippen LogP contribution in [0, 0.1) is 10.1 Å². The highest BCUT2D eigenvalue weighted by atomic mass is 32.1. The molecule has 0 aromatic carbocycles. The van der Waals surface area contributed by atoms with Crippen LogP contribution in [-0.4, -0.2) is 16.6 Å². The third-order valence-corrected chi connectivity index (χ3v) is 4.27. The molecule has 2 heterocycles. The highest BCUT2D eigenvalue weighted by molar-refractivity contribution is 7.16. The van der Waals surface area contributed by atoms with Gasteiger partial charge in [0.2, 0.25) is 0 Å². The molecule has 1 atom stereocenters. The fraction of sp³-hybridized carbons (Fsp3) is 0.385. The lowest BCUT2D eigenvalue weighted by Crippen LogP contribution is -2.21. The van der Waals surface area contributed by atoms with Gasteiger partial charge in [0.05, 0.1) is 23.8 Å². The predicted molar refractivity (Wildman–Crippen MR) is 77.0 cm³/mol. The molecule has 0 saturated heterocycles. The second-order valence-electron chi connectivity index (χ2n) is 4.37. The number of thiophene rings is 1. The van der Waals surface area contributed by atoms with Gasteiger partial charge in [0.25, 0.3) is 0 Å². The molecule has 0 saturated carbocycles. The van der Waals surface area contributed by atoms with Crippen LogP contribution >= 0.6 is 11.3 Å². The first kappa shape index (κ1) is 14.5. The van der Waals surface area contributed by atoms with Crippen LogP contribution in [0.15, 0.2) is 28.9 Å². The molecule has 0 aliphatic heterocycles. The molecule has 0 fully saturated rings. The lowest BCUT2D eigenvalue weighted by atomic mass is 10.3. The van der Waals surface area contributed by atoms with Crippen LogP contribution in [0.2, 0.25) is 0 Å². The number of anilines is 1. The average Bonchev–Trinajstić information content (AvgIpc) is 3.04. The van der Waals surface area contributed by atoms with Gasteiger partial charge in [-0.3, -0.25) is 10.1 Å². The first-order chi connectivity index (χ1) is 9.52. The molecule has 0 radical (unpaired) electrons. The van der Waals surface area contributed by atoms with Crippen molar-refractivity contribution in [2.75, 3.05) is 11.4 Å². The van der Waals surface area contributed by atoms with E-state index in [1.165, 1.54) is 17.4 Å². The minimum absolute atomic E-state index is 0.0271. The van der Waals surface area contributed by atoms with Crippen molar-refractivity contribution in [2.24, 2.45) is 0 Å². The van der Waals surface area contributed by atoms with Crippen LogP contribution in [0.1, 0.15) is 30.6 Å². The Labute approximate surface area is 120 Å². The van der Waals surface area contributed by atoms with Gasteiger partial charge in [-0.2, -0.15) is 0 Å². The lowest BCUT2D eigenvalue weighted by Gasteiger charge is -2.19. The molecular formula is C13H16N2O4S. The Balaban J connectivity index is 2.34. The van der Waals surface area contributed by atoms with Gasteiger partial charge in [0.15, 0.2) is 5.00 Å². The maximum absolute atomic E-state index is 11.2. The second-order valence-corrected chi connectivity index (χ2v) is 5.43. The van der Waals surface area contributed by atoms with E-state index in [1.54, 1.807) is 19.3 Å². The Kier molecular flexibility index (Phi) is 4.41. The number of rotatable bonds is 6. The third kappa shape index (κ3) is 3.00. The molecule has 1 unspecified atom stereocenters. The minimum atomic E-state index is -0.713. The number of hydrogen-bond acceptors (Lipinski definition) is 6. The maximum atomic E-state index is 11.2. The van der Waals surface area contributed by atoms with Crippen LogP contribution < -0.4 is 4.90 Å². The van der Waals surface area contributed by atoms with E-state index in [-0.39, 0.29) is 5.69 Å². The van der Waals surface area contributed by atoms with E-state index in [4.69, 9.17) is 4.42 Å². The van der Waals surface area contributed by atoms with Crippen LogP contribution in [0.3, 0.4) is 0 Å². The smallest absolute Gasteiger partial charge is 0.304 e. The summed E-state index contributed by atoms with van der Waals surface area (Å²) in [4.78, 5) is 13.2. The van der Waals surface area contributed by atoms with Crippen molar-refractivity contribution < 1.29 is 14.4 Å². The van der Waals surface area contributed by atoms with Gasteiger partial charge in [0.1, 0.15) is 5.76 Å². The quantitative estimate of drug-likeness (QED) is 0.653. The standard InChI is InChI=1S/C13H16N2O4S/c1-3-14(8-10-5-4-6-19-10)13-11(15(17)18)7-12(20-13)9(2)16/h4-7,9,16H,3,8H2,1-2H3. The van der Waals surface area contributed by atoms with Crippen molar-refractivity contribution in [1.82, 2.24) is 0 Å². The van der Waals surface area contributed by atoms with Crippen molar-refractivity contribution in [1.29, 1.82) is 0 Å².